The van der Waals surface area contributed by atoms with E-state index in [1.807, 2.05) is 0 Å². The summed E-state index contributed by atoms with van der Waals surface area (Å²) in [4.78, 5) is 25.3. The highest BCUT2D eigenvalue weighted by atomic mass is 16.5. The van der Waals surface area contributed by atoms with Crippen molar-refractivity contribution in [2.75, 3.05) is 23.9 Å². The average Bonchev–Trinajstić information content (AvgIpc) is 2.99. The molecule has 2 aromatic carbocycles. The minimum Gasteiger partial charge on any atom is -0.497 e. The molecule has 0 aliphatic carbocycles. The summed E-state index contributed by atoms with van der Waals surface area (Å²) in [6, 6.07) is 11.7. The van der Waals surface area contributed by atoms with E-state index >= 15 is 0 Å². The smallest absolute Gasteiger partial charge is 0.336 e. The molecule has 3 rings (SSSR count). The van der Waals surface area contributed by atoms with E-state index in [0.29, 0.717) is 35.7 Å². The third kappa shape index (κ3) is 2.83. The van der Waals surface area contributed by atoms with Crippen LogP contribution in [-0.4, -0.2) is 30.8 Å². The highest BCUT2D eigenvalue weighted by Gasteiger charge is 2.28. The topological polar surface area (TPSA) is 78.9 Å². The molecule has 0 saturated heterocycles. The van der Waals surface area contributed by atoms with Gasteiger partial charge in [0.05, 0.1) is 12.7 Å². The number of carbonyl (C=O) groups is 2. The first-order chi connectivity index (χ1) is 11.1. The van der Waals surface area contributed by atoms with E-state index in [0.717, 1.165) is 0 Å². The Morgan fingerprint density at radius 1 is 1.17 bits per heavy atom. The minimum atomic E-state index is -0.973. The molecule has 2 N–H and O–H groups in total. The van der Waals surface area contributed by atoms with Crippen LogP contribution in [-0.2, 0) is 6.42 Å². The third-order valence-electron chi connectivity index (χ3n) is 3.84. The highest BCUT2D eigenvalue weighted by molar-refractivity contribution is 6.04. The van der Waals surface area contributed by atoms with Crippen LogP contribution >= 0.6 is 0 Å². The molecule has 0 aromatic heterocycles. The van der Waals surface area contributed by atoms with Crippen molar-refractivity contribution in [3.8, 4) is 5.75 Å². The average molecular weight is 312 g/mol. The van der Waals surface area contributed by atoms with Gasteiger partial charge in [-0.15, -0.1) is 0 Å². The fourth-order valence-electron chi connectivity index (χ4n) is 2.71. The summed E-state index contributed by atoms with van der Waals surface area (Å²) in [6.45, 7) is 0.460. The summed E-state index contributed by atoms with van der Waals surface area (Å²) in [5, 5.41) is 12.0. The zero-order chi connectivity index (χ0) is 16.4. The molecule has 23 heavy (non-hydrogen) atoms. The number of ether oxygens (including phenoxy) is 1. The Labute approximate surface area is 133 Å². The number of fused-ring (bicyclic) bond motifs is 1. The summed E-state index contributed by atoms with van der Waals surface area (Å²) in [5.41, 5.74) is 2.25. The van der Waals surface area contributed by atoms with E-state index in [-0.39, 0.29) is 11.6 Å². The van der Waals surface area contributed by atoms with E-state index in [1.165, 1.54) is 0 Å². The summed E-state index contributed by atoms with van der Waals surface area (Å²) >= 11 is 0. The number of amides is 2. The second kappa shape index (κ2) is 6.00. The van der Waals surface area contributed by atoms with Crippen molar-refractivity contribution < 1.29 is 19.4 Å². The summed E-state index contributed by atoms with van der Waals surface area (Å²) in [6.07, 6.45) is 0.536. The number of aromatic carboxylic acids is 1. The normalized spacial score (nSPS) is 12.7. The van der Waals surface area contributed by atoms with Crippen LogP contribution in [0.25, 0.3) is 0 Å². The van der Waals surface area contributed by atoms with E-state index in [4.69, 9.17) is 4.74 Å². The van der Waals surface area contributed by atoms with Gasteiger partial charge in [-0.3, -0.25) is 4.90 Å². The first-order valence-corrected chi connectivity index (χ1v) is 7.18. The minimum absolute atomic E-state index is 0.252. The van der Waals surface area contributed by atoms with Crippen molar-refractivity contribution in [2.45, 2.75) is 6.42 Å². The van der Waals surface area contributed by atoms with Crippen molar-refractivity contribution in [2.24, 2.45) is 0 Å². The number of carboxylic acids is 1. The standard InChI is InChI=1S/C17H16N2O4/c1-23-12-7-5-11(6-8-12)18-17(22)19-10-9-13-14(16(20)21)3-2-4-15(13)19/h2-8H,9-10H2,1H3,(H,18,22)(H,20,21). The van der Waals surface area contributed by atoms with Crippen LogP contribution in [0.15, 0.2) is 42.5 Å². The van der Waals surface area contributed by atoms with Crippen molar-refractivity contribution in [3.05, 3.63) is 53.6 Å². The number of methoxy groups -OCH3 is 1. The van der Waals surface area contributed by atoms with Crippen LogP contribution in [0.1, 0.15) is 15.9 Å². The van der Waals surface area contributed by atoms with Gasteiger partial charge in [-0.05, 0) is 48.4 Å². The Morgan fingerprint density at radius 2 is 1.91 bits per heavy atom. The molecule has 0 spiro atoms. The molecule has 1 aliphatic heterocycles. The Bertz CT molecular complexity index is 756. The van der Waals surface area contributed by atoms with Crippen LogP contribution < -0.4 is 15.0 Å². The molecule has 6 heteroatoms. The number of benzene rings is 2. The van der Waals surface area contributed by atoms with E-state index in [2.05, 4.69) is 5.32 Å². The van der Waals surface area contributed by atoms with Gasteiger partial charge in [0.25, 0.3) is 0 Å². The number of anilines is 2. The molecule has 0 radical (unpaired) electrons. The van der Waals surface area contributed by atoms with Gasteiger partial charge in [0.1, 0.15) is 5.75 Å². The Morgan fingerprint density at radius 3 is 2.57 bits per heavy atom. The van der Waals surface area contributed by atoms with Gasteiger partial charge < -0.3 is 15.2 Å². The fraction of sp³-hybridized carbons (Fsp3) is 0.176. The molecule has 0 saturated carbocycles. The van der Waals surface area contributed by atoms with Gasteiger partial charge in [-0.25, -0.2) is 9.59 Å². The van der Waals surface area contributed by atoms with Crippen molar-refractivity contribution in [1.82, 2.24) is 0 Å². The summed E-state index contributed by atoms with van der Waals surface area (Å²) in [7, 11) is 1.58. The number of carbonyl (C=O) groups excluding carboxylic acids is 1. The van der Waals surface area contributed by atoms with Gasteiger partial charge in [-0.1, -0.05) is 6.07 Å². The predicted octanol–water partition coefficient (Wildman–Crippen LogP) is 2.99. The number of urea groups is 1. The monoisotopic (exact) mass is 312 g/mol. The maximum atomic E-state index is 12.4. The van der Waals surface area contributed by atoms with Crippen molar-refractivity contribution >= 4 is 23.4 Å². The molecule has 2 aromatic rings. The molecule has 0 atom stereocenters. The zero-order valence-corrected chi connectivity index (χ0v) is 12.6. The molecule has 0 bridgehead atoms. The van der Waals surface area contributed by atoms with Gasteiger partial charge in [0.2, 0.25) is 0 Å². The number of nitrogens with one attached hydrogen (secondary N) is 1. The number of hydrogen-bond donors (Lipinski definition) is 2. The quantitative estimate of drug-likeness (QED) is 0.913. The van der Waals surface area contributed by atoms with E-state index in [9.17, 15) is 14.7 Å². The fourth-order valence-corrected chi connectivity index (χ4v) is 2.71. The summed E-state index contributed by atoms with van der Waals surface area (Å²) < 4.78 is 5.08. The van der Waals surface area contributed by atoms with Crippen molar-refractivity contribution in [1.29, 1.82) is 0 Å². The molecule has 118 valence electrons. The van der Waals surface area contributed by atoms with E-state index in [1.54, 1.807) is 54.5 Å². The Balaban J connectivity index is 1.80. The molecule has 6 nitrogen and oxygen atoms in total. The Hall–Kier alpha value is -3.02. The Kier molecular flexibility index (Phi) is 3.89. The maximum Gasteiger partial charge on any atom is 0.336 e. The predicted molar refractivity (Wildman–Crippen MR) is 86.5 cm³/mol. The van der Waals surface area contributed by atoms with Crippen LogP contribution in [0.2, 0.25) is 0 Å². The van der Waals surface area contributed by atoms with Gasteiger partial charge in [-0.2, -0.15) is 0 Å². The maximum absolute atomic E-state index is 12.4. The molecule has 1 aliphatic rings. The van der Waals surface area contributed by atoms with Crippen molar-refractivity contribution in [3.63, 3.8) is 0 Å². The van der Waals surface area contributed by atoms with Crippen LogP contribution in [0, 0.1) is 0 Å². The lowest BCUT2D eigenvalue weighted by molar-refractivity contribution is 0.0696. The largest absolute Gasteiger partial charge is 0.497 e. The molecule has 0 unspecified atom stereocenters. The van der Waals surface area contributed by atoms with Gasteiger partial charge in [0, 0.05) is 17.9 Å². The molecular weight excluding hydrogens is 296 g/mol. The lowest BCUT2D eigenvalue weighted by Gasteiger charge is -2.18. The molecule has 2 amide bonds. The lowest BCUT2D eigenvalue weighted by Crippen LogP contribution is -2.33. The molecule has 1 heterocycles. The second-order valence-electron chi connectivity index (χ2n) is 5.17. The molecular formula is C17H16N2O4. The first kappa shape index (κ1) is 14.9. The molecule has 0 fully saturated rings. The number of hydrogen-bond acceptors (Lipinski definition) is 3. The lowest BCUT2D eigenvalue weighted by atomic mass is 10.1. The van der Waals surface area contributed by atoms with Crippen LogP contribution in [0.3, 0.4) is 0 Å². The van der Waals surface area contributed by atoms with E-state index < -0.39 is 5.97 Å². The highest BCUT2D eigenvalue weighted by Crippen LogP contribution is 2.31. The third-order valence-corrected chi connectivity index (χ3v) is 3.84. The van der Waals surface area contributed by atoms with Crippen LogP contribution in [0.4, 0.5) is 16.2 Å². The van der Waals surface area contributed by atoms with Gasteiger partial charge >= 0.3 is 12.0 Å². The SMILES string of the molecule is COc1ccc(NC(=O)N2CCc3c(C(=O)O)cccc32)cc1. The summed E-state index contributed by atoms with van der Waals surface area (Å²) in [5.74, 6) is -0.264. The number of nitrogens with zero attached hydrogens (tertiary/aromatic N) is 1. The van der Waals surface area contributed by atoms with Crippen LogP contribution in [0.5, 0.6) is 5.75 Å². The second-order valence-corrected chi connectivity index (χ2v) is 5.17. The number of rotatable bonds is 3. The van der Waals surface area contributed by atoms with Gasteiger partial charge in [0.15, 0.2) is 0 Å². The first-order valence-electron chi connectivity index (χ1n) is 7.18. The number of carboxylic acid groups (broad SMARTS) is 1. The zero-order valence-electron chi connectivity index (χ0n) is 12.6.